The summed E-state index contributed by atoms with van der Waals surface area (Å²) in [4.78, 5) is 0. The molecule has 0 aromatic heterocycles. The van der Waals surface area contributed by atoms with Gasteiger partial charge in [-0.3, -0.25) is 0 Å². The van der Waals surface area contributed by atoms with E-state index in [1.807, 2.05) is 0 Å². The molecule has 0 aliphatic carbocycles. The molecule has 0 aromatic rings. The summed E-state index contributed by atoms with van der Waals surface area (Å²) in [5, 5.41) is 3.38. The average Bonchev–Trinajstić information content (AvgIpc) is 2.11. The predicted octanol–water partition coefficient (Wildman–Crippen LogP) is 3.30. The van der Waals surface area contributed by atoms with Crippen LogP contribution in [0.4, 0.5) is 0 Å². The van der Waals surface area contributed by atoms with Crippen LogP contribution in [0.15, 0.2) is 0 Å². The monoisotopic (exact) mass is 185 g/mol. The Kier molecular flexibility index (Phi) is 6.40. The largest absolute Gasteiger partial charge is 0.317 e. The zero-order valence-corrected chi connectivity index (χ0v) is 10.2. The Morgan fingerprint density at radius 2 is 1.62 bits per heavy atom. The highest BCUT2D eigenvalue weighted by Crippen LogP contribution is 2.24. The maximum atomic E-state index is 3.38. The molecular weight excluding hydrogens is 158 g/mol. The Bertz CT molecular complexity index is 120. The molecule has 80 valence electrons. The van der Waals surface area contributed by atoms with Crippen molar-refractivity contribution < 1.29 is 0 Å². The van der Waals surface area contributed by atoms with E-state index >= 15 is 0 Å². The number of rotatable bonds is 6. The highest BCUT2D eigenvalue weighted by Gasteiger charge is 2.21. The first-order chi connectivity index (χ1) is 6.02. The average molecular weight is 185 g/mol. The smallest absolute Gasteiger partial charge is 0.00665 e. The summed E-state index contributed by atoms with van der Waals surface area (Å²) in [5.74, 6) is 2.47. The van der Waals surface area contributed by atoms with Gasteiger partial charge >= 0.3 is 0 Å². The van der Waals surface area contributed by atoms with Crippen LogP contribution in [0.3, 0.4) is 0 Å². The van der Waals surface area contributed by atoms with Crippen LogP contribution in [0.1, 0.15) is 47.5 Å². The van der Waals surface area contributed by atoms with E-state index in [0.717, 1.165) is 17.8 Å². The molecule has 0 radical (unpaired) electrons. The minimum Gasteiger partial charge on any atom is -0.317 e. The third-order valence-electron chi connectivity index (χ3n) is 3.33. The fourth-order valence-corrected chi connectivity index (χ4v) is 1.90. The van der Waals surface area contributed by atoms with E-state index in [0.29, 0.717) is 6.04 Å². The van der Waals surface area contributed by atoms with Crippen molar-refractivity contribution in [2.24, 2.45) is 17.8 Å². The van der Waals surface area contributed by atoms with Crippen LogP contribution in [0.5, 0.6) is 0 Å². The van der Waals surface area contributed by atoms with Crippen LogP contribution in [0, 0.1) is 17.8 Å². The van der Waals surface area contributed by atoms with Crippen LogP contribution < -0.4 is 5.32 Å². The van der Waals surface area contributed by atoms with E-state index in [2.05, 4.69) is 47.0 Å². The highest BCUT2D eigenvalue weighted by molar-refractivity contribution is 4.75. The fraction of sp³-hybridized carbons (Fsp3) is 1.00. The molecule has 0 rings (SSSR count). The summed E-state index contributed by atoms with van der Waals surface area (Å²) >= 11 is 0. The summed E-state index contributed by atoms with van der Waals surface area (Å²) in [6.45, 7) is 11.6. The van der Waals surface area contributed by atoms with E-state index in [-0.39, 0.29) is 0 Å². The van der Waals surface area contributed by atoms with Gasteiger partial charge < -0.3 is 5.32 Å². The molecule has 0 saturated heterocycles. The molecule has 0 saturated carbocycles. The van der Waals surface area contributed by atoms with E-state index in [1.54, 1.807) is 0 Å². The van der Waals surface area contributed by atoms with Crippen LogP contribution in [-0.2, 0) is 0 Å². The van der Waals surface area contributed by atoms with Gasteiger partial charge in [0.15, 0.2) is 0 Å². The summed E-state index contributed by atoms with van der Waals surface area (Å²) in [6.07, 6.45) is 2.66. The zero-order chi connectivity index (χ0) is 10.4. The molecule has 3 unspecified atom stereocenters. The Morgan fingerprint density at radius 1 is 1.08 bits per heavy atom. The molecule has 0 bridgehead atoms. The summed E-state index contributed by atoms with van der Waals surface area (Å²) in [7, 11) is 2.07. The van der Waals surface area contributed by atoms with Gasteiger partial charge in [-0.2, -0.15) is 0 Å². The lowest BCUT2D eigenvalue weighted by Gasteiger charge is -2.29. The molecule has 13 heavy (non-hydrogen) atoms. The Morgan fingerprint density at radius 3 is 1.92 bits per heavy atom. The highest BCUT2D eigenvalue weighted by atomic mass is 14.9. The van der Waals surface area contributed by atoms with Gasteiger partial charge in [0.2, 0.25) is 0 Å². The van der Waals surface area contributed by atoms with Crippen molar-refractivity contribution in [3.8, 4) is 0 Å². The quantitative estimate of drug-likeness (QED) is 0.669. The molecule has 1 N–H and O–H groups in total. The van der Waals surface area contributed by atoms with Crippen molar-refractivity contribution in [2.45, 2.75) is 53.5 Å². The van der Waals surface area contributed by atoms with E-state index in [1.165, 1.54) is 12.8 Å². The predicted molar refractivity (Wildman–Crippen MR) is 60.9 cm³/mol. The van der Waals surface area contributed by atoms with Gasteiger partial charge in [-0.15, -0.1) is 0 Å². The fourth-order valence-electron chi connectivity index (χ4n) is 1.90. The van der Waals surface area contributed by atoms with Crippen molar-refractivity contribution in [1.29, 1.82) is 0 Å². The van der Waals surface area contributed by atoms with E-state index in [4.69, 9.17) is 0 Å². The molecule has 0 aromatic carbocycles. The lowest BCUT2D eigenvalue weighted by Crippen LogP contribution is -2.34. The Balaban J connectivity index is 4.09. The van der Waals surface area contributed by atoms with Gasteiger partial charge in [-0.05, 0) is 38.1 Å². The first-order valence-electron chi connectivity index (χ1n) is 5.70. The second-order valence-corrected chi connectivity index (χ2v) is 4.73. The summed E-state index contributed by atoms with van der Waals surface area (Å²) < 4.78 is 0. The lowest BCUT2D eigenvalue weighted by atomic mass is 9.81. The molecule has 0 heterocycles. The molecule has 1 heteroatoms. The minimum absolute atomic E-state index is 0.647. The second-order valence-electron chi connectivity index (χ2n) is 4.73. The lowest BCUT2D eigenvalue weighted by molar-refractivity contribution is 0.245. The molecule has 0 aliphatic rings. The third-order valence-corrected chi connectivity index (χ3v) is 3.33. The topological polar surface area (TPSA) is 12.0 Å². The first kappa shape index (κ1) is 13.0. The minimum atomic E-state index is 0.647. The maximum absolute atomic E-state index is 3.38. The number of hydrogen-bond acceptors (Lipinski definition) is 1. The molecule has 0 aliphatic heterocycles. The first-order valence-corrected chi connectivity index (χ1v) is 5.70. The van der Waals surface area contributed by atoms with Gasteiger partial charge in [-0.1, -0.05) is 34.1 Å². The van der Waals surface area contributed by atoms with Crippen molar-refractivity contribution >= 4 is 0 Å². The van der Waals surface area contributed by atoms with Crippen molar-refractivity contribution in [2.75, 3.05) is 7.05 Å². The molecule has 0 amide bonds. The van der Waals surface area contributed by atoms with Gasteiger partial charge in [0, 0.05) is 6.04 Å². The van der Waals surface area contributed by atoms with Gasteiger partial charge in [-0.25, -0.2) is 0 Å². The van der Waals surface area contributed by atoms with Crippen molar-refractivity contribution in [3.05, 3.63) is 0 Å². The van der Waals surface area contributed by atoms with Crippen LogP contribution in [0.2, 0.25) is 0 Å². The van der Waals surface area contributed by atoms with E-state index in [9.17, 15) is 0 Å². The molecule has 3 atom stereocenters. The normalized spacial score (nSPS) is 18.7. The standard InChI is InChI=1S/C12H27N/c1-7-10(4)8-12(9(2)3)11(5)13-6/h9-13H,7-8H2,1-6H3. The van der Waals surface area contributed by atoms with Gasteiger partial charge in [0.25, 0.3) is 0 Å². The van der Waals surface area contributed by atoms with Crippen molar-refractivity contribution in [3.63, 3.8) is 0 Å². The molecule has 0 fully saturated rings. The van der Waals surface area contributed by atoms with Crippen LogP contribution in [-0.4, -0.2) is 13.1 Å². The number of hydrogen-bond donors (Lipinski definition) is 1. The molecular formula is C12H27N. The number of nitrogens with one attached hydrogen (secondary N) is 1. The van der Waals surface area contributed by atoms with Gasteiger partial charge in [0.05, 0.1) is 0 Å². The zero-order valence-electron chi connectivity index (χ0n) is 10.2. The van der Waals surface area contributed by atoms with Crippen LogP contribution >= 0.6 is 0 Å². The van der Waals surface area contributed by atoms with Gasteiger partial charge in [0.1, 0.15) is 0 Å². The molecule has 1 nitrogen and oxygen atoms in total. The second kappa shape index (κ2) is 6.42. The maximum Gasteiger partial charge on any atom is 0.00665 e. The summed E-state index contributed by atoms with van der Waals surface area (Å²) in [5.41, 5.74) is 0. The van der Waals surface area contributed by atoms with Crippen molar-refractivity contribution in [1.82, 2.24) is 5.32 Å². The SMILES string of the molecule is CCC(C)CC(C(C)C)C(C)NC. The van der Waals surface area contributed by atoms with Crippen LogP contribution in [0.25, 0.3) is 0 Å². The van der Waals surface area contributed by atoms with E-state index < -0.39 is 0 Å². The Labute approximate surface area is 84.3 Å². The third kappa shape index (κ3) is 4.66. The Hall–Kier alpha value is -0.0400. The summed E-state index contributed by atoms with van der Waals surface area (Å²) in [6, 6.07) is 0.647. The molecule has 0 spiro atoms.